The molecule has 3 rings (SSSR count). The fraction of sp³-hybridized carbons (Fsp3) is 0.438. The van der Waals surface area contributed by atoms with Crippen LogP contribution in [0.1, 0.15) is 23.0 Å². The third kappa shape index (κ3) is 3.98. The average molecular weight is 405 g/mol. The van der Waals surface area contributed by atoms with Crippen LogP contribution >= 0.6 is 23.7 Å². The van der Waals surface area contributed by atoms with Gasteiger partial charge in [-0.1, -0.05) is 0 Å². The Morgan fingerprint density at radius 2 is 2.16 bits per heavy atom. The Bertz CT molecular complexity index is 866. The van der Waals surface area contributed by atoms with Gasteiger partial charge in [-0.05, 0) is 50.0 Å². The molecule has 25 heavy (non-hydrogen) atoms. The largest absolute Gasteiger partial charge is 0.462 e. The highest BCUT2D eigenvalue weighted by Gasteiger charge is 2.32. The average Bonchev–Trinajstić information content (AvgIpc) is 3.21. The maximum Gasteiger partial charge on any atom is 0.348 e. The van der Waals surface area contributed by atoms with Gasteiger partial charge in [0.1, 0.15) is 4.88 Å². The quantitative estimate of drug-likeness (QED) is 0.775. The number of thiophene rings is 1. The molecule has 1 fully saturated rings. The molecule has 0 saturated carbocycles. The SMILES string of the molecule is CCOC(=O)c1cc2cc(S(=O)(=O)N3CCC(NC)C3)ccc2s1.Cl. The molecule has 1 aromatic heterocycles. The van der Waals surface area contributed by atoms with Crippen LogP contribution in [0.2, 0.25) is 0 Å². The number of ether oxygens (including phenoxy) is 1. The number of carbonyl (C=O) groups excluding carboxylic acids is 1. The summed E-state index contributed by atoms with van der Waals surface area (Å²) in [4.78, 5) is 12.6. The van der Waals surface area contributed by atoms with Crippen LogP contribution < -0.4 is 5.32 Å². The number of likely N-dealkylation sites (N-methyl/N-ethyl adjacent to an activating group) is 1. The highest BCUT2D eigenvalue weighted by atomic mass is 35.5. The summed E-state index contributed by atoms with van der Waals surface area (Å²) >= 11 is 1.31. The number of esters is 1. The second kappa shape index (κ2) is 8.01. The van der Waals surface area contributed by atoms with E-state index >= 15 is 0 Å². The van der Waals surface area contributed by atoms with E-state index in [9.17, 15) is 13.2 Å². The molecule has 2 aromatic rings. The molecule has 0 spiro atoms. The molecule has 1 unspecified atom stereocenters. The van der Waals surface area contributed by atoms with E-state index in [1.54, 1.807) is 31.2 Å². The van der Waals surface area contributed by atoms with Crippen molar-refractivity contribution in [1.82, 2.24) is 9.62 Å². The monoisotopic (exact) mass is 404 g/mol. The number of fused-ring (bicyclic) bond motifs is 1. The van der Waals surface area contributed by atoms with Crippen molar-refractivity contribution in [2.75, 3.05) is 26.7 Å². The summed E-state index contributed by atoms with van der Waals surface area (Å²) in [6.45, 7) is 3.07. The van der Waals surface area contributed by atoms with E-state index < -0.39 is 10.0 Å². The molecule has 1 aliphatic heterocycles. The predicted octanol–water partition coefficient (Wildman–Crippen LogP) is 2.48. The van der Waals surface area contributed by atoms with Gasteiger partial charge in [-0.2, -0.15) is 4.31 Å². The Balaban J connectivity index is 0.00000225. The minimum atomic E-state index is -3.51. The lowest BCUT2D eigenvalue weighted by Crippen LogP contribution is -2.33. The highest BCUT2D eigenvalue weighted by molar-refractivity contribution is 7.89. The van der Waals surface area contributed by atoms with Gasteiger partial charge >= 0.3 is 5.97 Å². The lowest BCUT2D eigenvalue weighted by atomic mass is 10.2. The van der Waals surface area contributed by atoms with Crippen LogP contribution in [0.25, 0.3) is 10.1 Å². The fourth-order valence-corrected chi connectivity index (χ4v) is 5.29. The van der Waals surface area contributed by atoms with Gasteiger partial charge in [-0.25, -0.2) is 13.2 Å². The van der Waals surface area contributed by atoms with Gasteiger partial charge in [-0.3, -0.25) is 0 Å². The predicted molar refractivity (Wildman–Crippen MR) is 101 cm³/mol. The first-order valence-corrected chi connectivity index (χ1v) is 10.1. The molecule has 1 atom stereocenters. The van der Waals surface area contributed by atoms with Gasteiger partial charge < -0.3 is 10.1 Å². The standard InChI is InChI=1S/C16H20N2O4S2.ClH/c1-3-22-16(19)15-9-11-8-13(4-5-14(11)23-15)24(20,21)18-7-6-12(10-18)17-2;/h4-5,8-9,12,17H,3,6-7,10H2,1-2H3;1H. The van der Waals surface area contributed by atoms with Gasteiger partial charge in [0, 0.05) is 23.8 Å². The number of sulfonamides is 1. The lowest BCUT2D eigenvalue weighted by molar-refractivity contribution is 0.0532. The fourth-order valence-electron chi connectivity index (χ4n) is 2.82. The molecular weight excluding hydrogens is 384 g/mol. The Morgan fingerprint density at radius 1 is 1.40 bits per heavy atom. The molecule has 0 bridgehead atoms. The first kappa shape index (κ1) is 20.1. The highest BCUT2D eigenvalue weighted by Crippen LogP contribution is 2.30. The minimum absolute atomic E-state index is 0. The second-order valence-electron chi connectivity index (χ2n) is 5.67. The number of benzene rings is 1. The van der Waals surface area contributed by atoms with Crippen molar-refractivity contribution in [3.63, 3.8) is 0 Å². The number of nitrogens with one attached hydrogen (secondary N) is 1. The summed E-state index contributed by atoms with van der Waals surface area (Å²) in [7, 11) is -1.67. The number of hydrogen-bond acceptors (Lipinski definition) is 6. The maximum atomic E-state index is 12.8. The van der Waals surface area contributed by atoms with Crippen LogP contribution in [-0.2, 0) is 14.8 Å². The van der Waals surface area contributed by atoms with Crippen molar-refractivity contribution in [2.45, 2.75) is 24.3 Å². The van der Waals surface area contributed by atoms with Gasteiger partial charge in [0.15, 0.2) is 0 Å². The molecular formula is C16H21ClN2O4S2. The number of carbonyl (C=O) groups is 1. The number of rotatable bonds is 5. The lowest BCUT2D eigenvalue weighted by Gasteiger charge is -2.16. The van der Waals surface area contributed by atoms with E-state index in [0.29, 0.717) is 24.6 Å². The smallest absolute Gasteiger partial charge is 0.348 e. The number of halogens is 1. The van der Waals surface area contributed by atoms with Gasteiger partial charge in [0.05, 0.1) is 11.5 Å². The first-order valence-electron chi connectivity index (χ1n) is 7.84. The van der Waals surface area contributed by atoms with Crippen LogP contribution in [0.4, 0.5) is 0 Å². The van der Waals surface area contributed by atoms with E-state index in [0.717, 1.165) is 16.5 Å². The van der Waals surface area contributed by atoms with Gasteiger partial charge in [0.2, 0.25) is 10.0 Å². The zero-order valence-corrected chi connectivity index (χ0v) is 16.5. The minimum Gasteiger partial charge on any atom is -0.462 e. The van der Waals surface area contributed by atoms with Crippen molar-refractivity contribution in [3.8, 4) is 0 Å². The van der Waals surface area contributed by atoms with E-state index in [1.165, 1.54) is 15.6 Å². The summed E-state index contributed by atoms with van der Waals surface area (Å²) in [5.41, 5.74) is 0. The van der Waals surface area contributed by atoms with Crippen LogP contribution in [0, 0.1) is 0 Å². The Kier molecular flexibility index (Phi) is 6.45. The number of nitrogens with zero attached hydrogens (tertiary/aromatic N) is 1. The summed E-state index contributed by atoms with van der Waals surface area (Å²) in [5, 5.41) is 3.86. The second-order valence-corrected chi connectivity index (χ2v) is 8.69. The Hall–Kier alpha value is -1.19. The number of hydrogen-bond donors (Lipinski definition) is 1. The van der Waals surface area contributed by atoms with E-state index in [2.05, 4.69) is 5.32 Å². The zero-order valence-electron chi connectivity index (χ0n) is 14.0. The Morgan fingerprint density at radius 3 is 2.80 bits per heavy atom. The van der Waals surface area contributed by atoms with Crippen molar-refractivity contribution in [2.24, 2.45) is 0 Å². The molecule has 2 heterocycles. The van der Waals surface area contributed by atoms with Crippen LogP contribution in [0.5, 0.6) is 0 Å². The van der Waals surface area contributed by atoms with Gasteiger partial charge in [0.25, 0.3) is 0 Å². The van der Waals surface area contributed by atoms with Crippen LogP contribution in [0.15, 0.2) is 29.2 Å². The van der Waals surface area contributed by atoms with Crippen molar-refractivity contribution in [3.05, 3.63) is 29.1 Å². The third-order valence-corrected chi connectivity index (χ3v) is 7.12. The van der Waals surface area contributed by atoms with Crippen molar-refractivity contribution < 1.29 is 17.9 Å². The van der Waals surface area contributed by atoms with Crippen molar-refractivity contribution >= 4 is 49.8 Å². The van der Waals surface area contributed by atoms with E-state index in [4.69, 9.17) is 4.74 Å². The van der Waals surface area contributed by atoms with Crippen LogP contribution in [0.3, 0.4) is 0 Å². The molecule has 138 valence electrons. The van der Waals surface area contributed by atoms with E-state index in [1.807, 2.05) is 7.05 Å². The summed E-state index contributed by atoms with van der Waals surface area (Å²) in [6.07, 6.45) is 0.809. The molecule has 0 aliphatic carbocycles. The molecule has 1 aromatic carbocycles. The molecule has 1 aliphatic rings. The molecule has 6 nitrogen and oxygen atoms in total. The topological polar surface area (TPSA) is 75.7 Å². The molecule has 0 amide bonds. The van der Waals surface area contributed by atoms with E-state index in [-0.39, 0.29) is 29.3 Å². The first-order chi connectivity index (χ1) is 11.5. The van der Waals surface area contributed by atoms with Crippen LogP contribution in [-0.4, -0.2) is 51.5 Å². The Labute approximate surface area is 157 Å². The normalized spacial score (nSPS) is 18.2. The molecule has 1 saturated heterocycles. The summed E-state index contributed by atoms with van der Waals surface area (Å²) in [5.74, 6) is -0.375. The summed E-state index contributed by atoms with van der Waals surface area (Å²) in [6, 6.07) is 6.88. The van der Waals surface area contributed by atoms with Gasteiger partial charge in [-0.15, -0.1) is 23.7 Å². The summed E-state index contributed by atoms with van der Waals surface area (Å²) < 4.78 is 33.0. The third-order valence-electron chi connectivity index (χ3n) is 4.16. The molecule has 0 radical (unpaired) electrons. The zero-order chi connectivity index (χ0) is 17.3. The molecule has 1 N–H and O–H groups in total. The van der Waals surface area contributed by atoms with Crippen molar-refractivity contribution in [1.29, 1.82) is 0 Å². The maximum absolute atomic E-state index is 12.8. The molecule has 9 heteroatoms.